The van der Waals surface area contributed by atoms with Crippen molar-refractivity contribution >= 4 is 5.71 Å². The molecular formula is C12H17N3. The second kappa shape index (κ2) is 5.01. The van der Waals surface area contributed by atoms with Crippen molar-refractivity contribution in [2.24, 2.45) is 4.99 Å². The van der Waals surface area contributed by atoms with Gasteiger partial charge in [0, 0.05) is 12.4 Å². The highest BCUT2D eigenvalue weighted by Crippen LogP contribution is 2.20. The standard InChI is InChI=1S/C12H17N3/c1-10(12-13-8-5-9-14-12)15-11-6-3-2-4-7-11/h5,8-9,11H,2-4,6-7H2,1H3/b15-10-. The Bertz CT molecular complexity index is 326. The molecule has 0 radical (unpaired) electrons. The fourth-order valence-electron chi connectivity index (χ4n) is 2.03. The van der Waals surface area contributed by atoms with Gasteiger partial charge in [0.05, 0.1) is 11.8 Å². The van der Waals surface area contributed by atoms with Gasteiger partial charge in [0.1, 0.15) is 0 Å². The van der Waals surface area contributed by atoms with Gasteiger partial charge in [-0.25, -0.2) is 9.97 Å². The van der Waals surface area contributed by atoms with Crippen LogP contribution < -0.4 is 0 Å². The minimum atomic E-state index is 0.502. The van der Waals surface area contributed by atoms with Crippen LogP contribution in [0.15, 0.2) is 23.5 Å². The minimum absolute atomic E-state index is 0.502. The molecule has 1 aliphatic carbocycles. The molecule has 1 aliphatic rings. The first-order valence-electron chi connectivity index (χ1n) is 5.68. The Labute approximate surface area is 90.7 Å². The van der Waals surface area contributed by atoms with Gasteiger partial charge in [-0.1, -0.05) is 19.3 Å². The quantitative estimate of drug-likeness (QED) is 0.693. The summed E-state index contributed by atoms with van der Waals surface area (Å²) in [5.74, 6) is 0.767. The predicted molar refractivity (Wildman–Crippen MR) is 61.1 cm³/mol. The maximum atomic E-state index is 4.70. The number of nitrogens with zero attached hydrogens (tertiary/aromatic N) is 3. The Morgan fingerprint density at radius 2 is 1.87 bits per heavy atom. The molecule has 1 fully saturated rings. The highest BCUT2D eigenvalue weighted by atomic mass is 14.9. The molecule has 1 saturated carbocycles. The van der Waals surface area contributed by atoms with E-state index < -0.39 is 0 Å². The molecule has 0 amide bonds. The molecule has 0 unspecified atom stereocenters. The van der Waals surface area contributed by atoms with E-state index >= 15 is 0 Å². The van der Waals surface area contributed by atoms with E-state index in [0.29, 0.717) is 6.04 Å². The Hall–Kier alpha value is -1.25. The largest absolute Gasteiger partial charge is 0.283 e. The van der Waals surface area contributed by atoms with Crippen LogP contribution in [0, 0.1) is 0 Å². The lowest BCUT2D eigenvalue weighted by molar-refractivity contribution is 0.443. The fraction of sp³-hybridized carbons (Fsp3) is 0.583. The van der Waals surface area contributed by atoms with E-state index in [2.05, 4.69) is 9.97 Å². The van der Waals surface area contributed by atoms with Crippen LogP contribution in [0.2, 0.25) is 0 Å². The maximum Gasteiger partial charge on any atom is 0.173 e. The van der Waals surface area contributed by atoms with Gasteiger partial charge < -0.3 is 0 Å². The van der Waals surface area contributed by atoms with Gasteiger partial charge in [-0.15, -0.1) is 0 Å². The molecule has 0 aliphatic heterocycles. The van der Waals surface area contributed by atoms with Crippen molar-refractivity contribution in [1.29, 1.82) is 0 Å². The maximum absolute atomic E-state index is 4.70. The highest BCUT2D eigenvalue weighted by molar-refractivity contribution is 5.95. The minimum Gasteiger partial charge on any atom is -0.283 e. The summed E-state index contributed by atoms with van der Waals surface area (Å²) in [5.41, 5.74) is 0.975. The van der Waals surface area contributed by atoms with Crippen LogP contribution in [0.4, 0.5) is 0 Å². The molecule has 0 N–H and O–H groups in total. The van der Waals surface area contributed by atoms with Crippen LogP contribution >= 0.6 is 0 Å². The van der Waals surface area contributed by atoms with Crippen LogP contribution in [-0.4, -0.2) is 21.7 Å². The topological polar surface area (TPSA) is 38.1 Å². The first kappa shape index (κ1) is 10.3. The molecular weight excluding hydrogens is 186 g/mol. The zero-order chi connectivity index (χ0) is 10.5. The zero-order valence-electron chi connectivity index (χ0n) is 9.19. The summed E-state index contributed by atoms with van der Waals surface area (Å²) >= 11 is 0. The molecule has 2 rings (SSSR count). The monoisotopic (exact) mass is 203 g/mol. The fourth-order valence-corrected chi connectivity index (χ4v) is 2.03. The van der Waals surface area contributed by atoms with Gasteiger partial charge >= 0.3 is 0 Å². The van der Waals surface area contributed by atoms with Crippen molar-refractivity contribution in [1.82, 2.24) is 9.97 Å². The second-order valence-electron chi connectivity index (χ2n) is 4.08. The normalized spacial score (nSPS) is 19.1. The Morgan fingerprint density at radius 3 is 2.53 bits per heavy atom. The molecule has 3 nitrogen and oxygen atoms in total. The molecule has 1 aromatic heterocycles. The SMILES string of the molecule is C/C(=N/C1CCCCC1)c1ncccn1. The van der Waals surface area contributed by atoms with Crippen molar-refractivity contribution in [3.8, 4) is 0 Å². The summed E-state index contributed by atoms with van der Waals surface area (Å²) in [7, 11) is 0. The Balaban J connectivity index is 2.06. The van der Waals surface area contributed by atoms with Gasteiger partial charge in [-0.05, 0) is 25.8 Å². The van der Waals surface area contributed by atoms with E-state index in [9.17, 15) is 0 Å². The third kappa shape index (κ3) is 2.85. The first-order valence-corrected chi connectivity index (χ1v) is 5.68. The van der Waals surface area contributed by atoms with E-state index in [0.717, 1.165) is 11.5 Å². The average molecular weight is 203 g/mol. The number of hydrogen-bond acceptors (Lipinski definition) is 3. The van der Waals surface area contributed by atoms with Gasteiger partial charge in [0.25, 0.3) is 0 Å². The van der Waals surface area contributed by atoms with Crippen LogP contribution in [0.3, 0.4) is 0 Å². The van der Waals surface area contributed by atoms with E-state index in [1.54, 1.807) is 12.4 Å². The van der Waals surface area contributed by atoms with E-state index in [-0.39, 0.29) is 0 Å². The molecule has 1 heterocycles. The number of rotatable bonds is 2. The molecule has 0 saturated heterocycles. The summed E-state index contributed by atoms with van der Waals surface area (Å²) in [5, 5.41) is 0. The Morgan fingerprint density at radius 1 is 1.20 bits per heavy atom. The summed E-state index contributed by atoms with van der Waals surface area (Å²) in [6.45, 7) is 2.00. The van der Waals surface area contributed by atoms with E-state index in [4.69, 9.17) is 4.99 Å². The van der Waals surface area contributed by atoms with Crippen LogP contribution in [0.5, 0.6) is 0 Å². The van der Waals surface area contributed by atoms with Gasteiger partial charge in [0.15, 0.2) is 5.82 Å². The molecule has 1 aromatic rings. The van der Waals surface area contributed by atoms with Gasteiger partial charge in [0.2, 0.25) is 0 Å². The molecule has 0 bridgehead atoms. The molecule has 15 heavy (non-hydrogen) atoms. The summed E-state index contributed by atoms with van der Waals surface area (Å²) in [6, 6.07) is 2.33. The number of aliphatic imine (C=N–C) groups is 1. The smallest absolute Gasteiger partial charge is 0.173 e. The Kier molecular flexibility index (Phi) is 3.43. The van der Waals surface area contributed by atoms with Gasteiger partial charge in [-0.3, -0.25) is 4.99 Å². The van der Waals surface area contributed by atoms with E-state index in [1.165, 1.54) is 32.1 Å². The van der Waals surface area contributed by atoms with Gasteiger partial charge in [-0.2, -0.15) is 0 Å². The lowest BCUT2D eigenvalue weighted by Crippen LogP contribution is -2.13. The zero-order valence-corrected chi connectivity index (χ0v) is 9.19. The number of aromatic nitrogens is 2. The lowest BCUT2D eigenvalue weighted by atomic mass is 9.96. The van der Waals surface area contributed by atoms with Crippen LogP contribution in [0.1, 0.15) is 44.9 Å². The van der Waals surface area contributed by atoms with Crippen molar-refractivity contribution in [3.63, 3.8) is 0 Å². The van der Waals surface area contributed by atoms with Crippen molar-refractivity contribution in [3.05, 3.63) is 24.3 Å². The third-order valence-electron chi connectivity index (χ3n) is 2.84. The molecule has 0 spiro atoms. The molecule has 0 aromatic carbocycles. The second-order valence-corrected chi connectivity index (χ2v) is 4.08. The summed E-state index contributed by atoms with van der Waals surface area (Å²) < 4.78 is 0. The molecule has 3 heteroatoms. The molecule has 80 valence electrons. The van der Waals surface area contributed by atoms with Crippen molar-refractivity contribution < 1.29 is 0 Å². The third-order valence-corrected chi connectivity index (χ3v) is 2.84. The predicted octanol–water partition coefficient (Wildman–Crippen LogP) is 2.62. The average Bonchev–Trinajstić information content (AvgIpc) is 2.31. The first-order chi connectivity index (χ1) is 7.36. The highest BCUT2D eigenvalue weighted by Gasteiger charge is 2.12. The lowest BCUT2D eigenvalue weighted by Gasteiger charge is -2.18. The number of hydrogen-bond donors (Lipinski definition) is 0. The van der Waals surface area contributed by atoms with Crippen molar-refractivity contribution in [2.45, 2.75) is 45.1 Å². The summed E-state index contributed by atoms with van der Waals surface area (Å²) in [6.07, 6.45) is 9.99. The summed E-state index contributed by atoms with van der Waals surface area (Å²) in [4.78, 5) is 13.1. The van der Waals surface area contributed by atoms with Crippen molar-refractivity contribution in [2.75, 3.05) is 0 Å². The van der Waals surface area contributed by atoms with E-state index in [1.807, 2.05) is 13.0 Å². The van der Waals surface area contributed by atoms with Crippen LogP contribution in [-0.2, 0) is 0 Å². The molecule has 0 atom stereocenters. The van der Waals surface area contributed by atoms with Crippen LogP contribution in [0.25, 0.3) is 0 Å².